The third-order valence-corrected chi connectivity index (χ3v) is 0.580. The Morgan fingerprint density at radius 3 is 2.00 bits per heavy atom. The van der Waals surface area contributed by atoms with E-state index in [1.165, 1.54) is 18.4 Å². The average molecular weight is 263 g/mol. The maximum absolute atomic E-state index is 11.8. The first-order valence-electron chi connectivity index (χ1n) is 1.87. The molecule has 0 aromatic rings. The largest absolute Gasteiger partial charge is 0.220 e. The van der Waals surface area contributed by atoms with Gasteiger partial charge in [0.25, 0.3) is 0 Å². The van der Waals surface area contributed by atoms with E-state index in [1.807, 2.05) is 0 Å². The Bertz CT molecular complexity index is 157. The van der Waals surface area contributed by atoms with Gasteiger partial charge in [0, 0.05) is 30.0 Å². The van der Waals surface area contributed by atoms with E-state index in [-0.39, 0.29) is 46.2 Å². The van der Waals surface area contributed by atoms with Crippen molar-refractivity contribution in [3.8, 4) is 0 Å². The van der Waals surface area contributed by atoms with E-state index in [0.29, 0.717) is 0 Å². The van der Waals surface area contributed by atoms with Crippen molar-refractivity contribution in [1.29, 1.82) is 0 Å². The van der Waals surface area contributed by atoms with Crippen molar-refractivity contribution in [3.05, 3.63) is 30.0 Å². The quantitative estimate of drug-likeness (QED) is 0.362. The first kappa shape index (κ1) is 22.4. The zero-order valence-corrected chi connectivity index (χ0v) is 6.91. The Balaban J connectivity index is -0.0000000612. The van der Waals surface area contributed by atoms with Gasteiger partial charge in [-0.1, -0.05) is 22.3 Å². The molecule has 1 rings (SSSR count). The summed E-state index contributed by atoms with van der Waals surface area (Å²) in [6.45, 7) is 0. The van der Waals surface area contributed by atoms with Crippen LogP contribution in [-0.2, 0) is 0 Å². The van der Waals surface area contributed by atoms with Gasteiger partial charge >= 0.3 is 0 Å². The van der Waals surface area contributed by atoms with Gasteiger partial charge in [-0.25, -0.2) is 5.32 Å². The van der Waals surface area contributed by atoms with E-state index < -0.39 is 5.95 Å². The van der Waals surface area contributed by atoms with E-state index in [1.54, 1.807) is 0 Å². The van der Waals surface area contributed by atoms with Crippen molar-refractivity contribution < 1.29 is 4.39 Å². The number of allylic oxidation sites excluding steroid dienone is 2. The number of hydrogen-bond donors (Lipinski definition) is 0. The Kier molecular flexibility index (Phi) is 25.4. The molecule has 3 heteroatoms. The van der Waals surface area contributed by atoms with Crippen LogP contribution in [0.3, 0.4) is 0 Å². The molecule has 0 aromatic heterocycles. The van der Waals surface area contributed by atoms with E-state index in [4.69, 9.17) is 0 Å². The van der Waals surface area contributed by atoms with Crippen molar-refractivity contribution in [2.45, 2.75) is 22.3 Å². The first-order valence-corrected chi connectivity index (χ1v) is 1.87. The third kappa shape index (κ3) is 9.79. The van der Waals surface area contributed by atoms with Crippen LogP contribution in [0.15, 0.2) is 30.0 Å². The van der Waals surface area contributed by atoms with E-state index >= 15 is 0 Å². The minimum Gasteiger partial charge on any atom is -0.220 e. The molecule has 0 spiro atoms. The fourth-order valence-corrected chi connectivity index (χ4v) is 0.302. The van der Waals surface area contributed by atoms with Crippen LogP contribution in [0.5, 0.6) is 0 Å². The van der Waals surface area contributed by atoms with Gasteiger partial charge in [-0.2, -0.15) is 4.39 Å². The molecule has 1 aliphatic heterocycles. The van der Waals surface area contributed by atoms with Gasteiger partial charge in [-0.3, -0.25) is 0 Å². The summed E-state index contributed by atoms with van der Waals surface area (Å²) in [7, 11) is 0. The minimum atomic E-state index is -0.459. The molecule has 0 unspecified atom stereocenters. The van der Waals surface area contributed by atoms with Crippen LogP contribution in [0.1, 0.15) is 22.3 Å². The molecule has 1 nitrogen and oxygen atoms in total. The van der Waals surface area contributed by atoms with Crippen molar-refractivity contribution in [1.82, 2.24) is 5.32 Å². The molecule has 1 aliphatic rings. The summed E-state index contributed by atoms with van der Waals surface area (Å²) in [5.41, 5.74) is 2.58. The minimum absolute atomic E-state index is 0. The van der Waals surface area contributed by atoms with Gasteiger partial charge < -0.3 is 0 Å². The van der Waals surface area contributed by atoms with Gasteiger partial charge in [0.15, 0.2) is 0 Å². The van der Waals surface area contributed by atoms with E-state index in [9.17, 15) is 4.39 Å². The van der Waals surface area contributed by atoms with Crippen LogP contribution < -0.4 is 5.32 Å². The number of nitrogens with zero attached hydrogens (tertiary/aromatic N) is 1. The van der Waals surface area contributed by atoms with Gasteiger partial charge in [0.1, 0.15) is 0 Å². The molecule has 5 radical (unpaired) electrons. The topological polar surface area (TPSA) is 14.1 Å². The maximum Gasteiger partial charge on any atom is 0.214 e. The van der Waals surface area contributed by atoms with Crippen LogP contribution in [0.2, 0.25) is 0 Å². The van der Waals surface area contributed by atoms with Crippen molar-refractivity contribution in [3.63, 3.8) is 0 Å². The third-order valence-electron chi connectivity index (χ3n) is 0.580. The van der Waals surface area contributed by atoms with Crippen molar-refractivity contribution >= 4 is 23.9 Å². The van der Waals surface area contributed by atoms with Gasteiger partial charge in [0.2, 0.25) is 5.95 Å². The summed E-state index contributed by atoms with van der Waals surface area (Å²) >= 11 is 0. The van der Waals surface area contributed by atoms with Crippen LogP contribution >= 0.6 is 0 Å². The molecular formula is C8H15FNSn. The summed E-state index contributed by atoms with van der Waals surface area (Å²) in [4.78, 5) is 0. The molecule has 0 atom stereocenters. The average Bonchev–Trinajstić information content (AvgIpc) is 1.69. The standard InChI is InChI=1S/C5H3FN.3CH4.Sn/c6-5-3-1-2-4-7-5;;;;/h1,3-4H;3*1H4;. The van der Waals surface area contributed by atoms with Crippen molar-refractivity contribution in [2.75, 3.05) is 0 Å². The second kappa shape index (κ2) is 12.5. The summed E-state index contributed by atoms with van der Waals surface area (Å²) < 4.78 is 11.8. The monoisotopic (exact) mass is 264 g/mol. The Hall–Kier alpha value is -0.211. The first-order chi connectivity index (χ1) is 3.39. The van der Waals surface area contributed by atoms with Crippen molar-refractivity contribution in [2.24, 2.45) is 0 Å². The van der Waals surface area contributed by atoms with Gasteiger partial charge in [-0.05, 0) is 6.08 Å². The van der Waals surface area contributed by atoms with Crippen LogP contribution in [0.25, 0.3) is 0 Å². The van der Waals surface area contributed by atoms with Crippen LogP contribution in [0.4, 0.5) is 4.39 Å². The van der Waals surface area contributed by atoms with Gasteiger partial charge in [-0.15, -0.1) is 5.73 Å². The SMILES string of the molecule is C.C.C.FC1=CC=C=C[N]1.[Sn]. The zero-order valence-electron chi connectivity index (χ0n) is 4.06. The molecule has 0 amide bonds. The summed E-state index contributed by atoms with van der Waals surface area (Å²) in [5.74, 6) is -0.459. The number of halogens is 1. The molecule has 0 N–H and O–H groups in total. The molecular weight excluding hydrogens is 248 g/mol. The Morgan fingerprint density at radius 2 is 1.82 bits per heavy atom. The van der Waals surface area contributed by atoms with Crippen LogP contribution in [0, 0.1) is 0 Å². The predicted molar refractivity (Wildman–Crippen MR) is 49.9 cm³/mol. The molecule has 0 bridgehead atoms. The number of rotatable bonds is 0. The van der Waals surface area contributed by atoms with Gasteiger partial charge in [0.05, 0.1) is 6.20 Å². The maximum atomic E-state index is 11.8. The molecule has 0 aromatic carbocycles. The normalized spacial score (nSPS) is 10.1. The molecule has 11 heavy (non-hydrogen) atoms. The Morgan fingerprint density at radius 1 is 1.27 bits per heavy atom. The molecule has 0 fully saturated rings. The van der Waals surface area contributed by atoms with Crippen LogP contribution in [-0.4, -0.2) is 23.9 Å². The fraction of sp³-hybridized carbons (Fsp3) is 0.375. The predicted octanol–water partition coefficient (Wildman–Crippen LogP) is 2.61. The van der Waals surface area contributed by atoms with E-state index in [2.05, 4.69) is 11.0 Å². The van der Waals surface area contributed by atoms with E-state index in [0.717, 1.165) is 0 Å². The second-order valence-corrected chi connectivity index (χ2v) is 1.08. The molecule has 0 saturated carbocycles. The molecule has 1 heterocycles. The fourth-order valence-electron chi connectivity index (χ4n) is 0.302. The number of hydrogen-bond acceptors (Lipinski definition) is 0. The zero-order chi connectivity index (χ0) is 5.11. The summed E-state index contributed by atoms with van der Waals surface area (Å²) in [5, 5.41) is 3.26. The second-order valence-electron chi connectivity index (χ2n) is 1.08. The summed E-state index contributed by atoms with van der Waals surface area (Å²) in [6.07, 6.45) is 4.01. The molecule has 63 valence electrons. The smallest absolute Gasteiger partial charge is 0.214 e. The molecule has 0 saturated heterocycles. The Labute approximate surface area is 86.0 Å². The summed E-state index contributed by atoms with van der Waals surface area (Å²) in [6, 6.07) is 0. The molecule has 0 aliphatic carbocycles.